The number of nitrogens with two attached hydrogens (primary N) is 1. The summed E-state index contributed by atoms with van der Waals surface area (Å²) in [5.41, 5.74) is 7.34. The van der Waals surface area contributed by atoms with E-state index in [2.05, 4.69) is 4.98 Å². The molecule has 104 valence electrons. The van der Waals surface area contributed by atoms with Crippen LogP contribution in [-0.4, -0.2) is 35.6 Å². The number of nitrogens with zero attached hydrogens (tertiary/aromatic N) is 2. The van der Waals surface area contributed by atoms with E-state index in [0.717, 1.165) is 11.3 Å². The molecule has 6 nitrogen and oxygen atoms in total. The first-order chi connectivity index (χ1) is 8.82. The maximum atomic E-state index is 11.5. The van der Waals surface area contributed by atoms with E-state index in [-0.39, 0.29) is 6.42 Å². The molecule has 6 heteroatoms. The van der Waals surface area contributed by atoms with E-state index in [1.165, 1.54) is 0 Å². The third-order valence-corrected chi connectivity index (χ3v) is 2.82. The van der Waals surface area contributed by atoms with Gasteiger partial charge in [-0.3, -0.25) is 9.59 Å². The van der Waals surface area contributed by atoms with Crippen LogP contribution in [0.25, 0.3) is 0 Å². The van der Waals surface area contributed by atoms with Gasteiger partial charge in [0.15, 0.2) is 0 Å². The number of aryl methyl sites for hydroxylation is 2. The first-order valence-electron chi connectivity index (χ1n) is 6.04. The van der Waals surface area contributed by atoms with Crippen molar-refractivity contribution in [2.24, 2.45) is 5.73 Å². The Morgan fingerprint density at radius 1 is 1.42 bits per heavy atom. The molecule has 0 bridgehead atoms. The third-order valence-electron chi connectivity index (χ3n) is 2.82. The summed E-state index contributed by atoms with van der Waals surface area (Å²) in [4.78, 5) is 28.1. The summed E-state index contributed by atoms with van der Waals surface area (Å²) in [6.07, 6.45) is 0.569. The minimum atomic E-state index is -0.836. The van der Waals surface area contributed by atoms with Crippen LogP contribution in [0.5, 0.6) is 0 Å². The molecule has 19 heavy (non-hydrogen) atoms. The number of aromatic nitrogens is 1. The highest BCUT2D eigenvalue weighted by atomic mass is 16.4. The zero-order valence-corrected chi connectivity index (χ0v) is 11.4. The Morgan fingerprint density at radius 3 is 2.58 bits per heavy atom. The number of hydrogen-bond donors (Lipinski definition) is 2. The molecule has 0 radical (unpaired) electrons. The van der Waals surface area contributed by atoms with Crippen molar-refractivity contribution in [1.82, 2.24) is 4.98 Å². The van der Waals surface area contributed by atoms with E-state index in [0.29, 0.717) is 24.3 Å². The summed E-state index contributed by atoms with van der Waals surface area (Å²) < 4.78 is 0. The fraction of sp³-hybridized carbons (Fsp3) is 0.462. The van der Waals surface area contributed by atoms with Crippen LogP contribution in [0.4, 0.5) is 5.82 Å². The maximum Gasteiger partial charge on any atom is 0.303 e. The number of carboxylic acid groups (broad SMARTS) is 1. The number of aliphatic carboxylic acids is 1. The molecular formula is C13H19N3O3. The van der Waals surface area contributed by atoms with Gasteiger partial charge in [0.05, 0.1) is 5.56 Å². The lowest BCUT2D eigenvalue weighted by molar-refractivity contribution is -0.137. The number of amides is 1. The van der Waals surface area contributed by atoms with Crippen molar-refractivity contribution >= 4 is 17.7 Å². The average molecular weight is 265 g/mol. The molecule has 1 heterocycles. The largest absolute Gasteiger partial charge is 0.481 e. The van der Waals surface area contributed by atoms with Crippen LogP contribution in [0, 0.1) is 13.8 Å². The highest BCUT2D eigenvalue weighted by molar-refractivity contribution is 5.99. The van der Waals surface area contributed by atoms with Crippen LogP contribution >= 0.6 is 0 Å². The fourth-order valence-electron chi connectivity index (χ4n) is 1.97. The lowest BCUT2D eigenvalue weighted by Gasteiger charge is -2.21. The van der Waals surface area contributed by atoms with E-state index < -0.39 is 11.9 Å². The Balaban J connectivity index is 2.97. The van der Waals surface area contributed by atoms with Crippen molar-refractivity contribution in [3.8, 4) is 0 Å². The molecule has 3 N–H and O–H groups in total. The molecule has 0 saturated heterocycles. The average Bonchev–Trinajstić information content (AvgIpc) is 2.26. The van der Waals surface area contributed by atoms with Gasteiger partial charge < -0.3 is 15.7 Å². The van der Waals surface area contributed by atoms with Crippen molar-refractivity contribution in [3.05, 3.63) is 22.9 Å². The first kappa shape index (κ1) is 14.9. The van der Waals surface area contributed by atoms with Crippen LogP contribution in [-0.2, 0) is 4.79 Å². The zero-order chi connectivity index (χ0) is 14.6. The Bertz CT molecular complexity index is 500. The van der Waals surface area contributed by atoms with Gasteiger partial charge in [-0.25, -0.2) is 4.98 Å². The maximum absolute atomic E-state index is 11.5. The highest BCUT2D eigenvalue weighted by Gasteiger charge is 2.17. The number of primary amides is 1. The molecule has 0 aliphatic carbocycles. The summed E-state index contributed by atoms with van der Waals surface area (Å²) >= 11 is 0. The van der Waals surface area contributed by atoms with Crippen molar-refractivity contribution in [2.45, 2.75) is 26.7 Å². The lowest BCUT2D eigenvalue weighted by atomic mass is 10.1. The van der Waals surface area contributed by atoms with Gasteiger partial charge in [0.2, 0.25) is 0 Å². The van der Waals surface area contributed by atoms with E-state index >= 15 is 0 Å². The Labute approximate surface area is 112 Å². The highest BCUT2D eigenvalue weighted by Crippen LogP contribution is 2.21. The number of anilines is 1. The van der Waals surface area contributed by atoms with Crippen LogP contribution in [0.3, 0.4) is 0 Å². The molecule has 1 aromatic rings. The Hall–Kier alpha value is -2.11. The van der Waals surface area contributed by atoms with Gasteiger partial charge >= 0.3 is 5.97 Å². The molecule has 0 aliphatic heterocycles. The Morgan fingerprint density at radius 2 is 2.05 bits per heavy atom. The molecule has 1 rings (SSSR count). The van der Waals surface area contributed by atoms with Crippen LogP contribution in [0.15, 0.2) is 6.07 Å². The van der Waals surface area contributed by atoms with Crippen molar-refractivity contribution in [2.75, 3.05) is 18.5 Å². The van der Waals surface area contributed by atoms with E-state index in [1.807, 2.05) is 13.8 Å². The van der Waals surface area contributed by atoms with Gasteiger partial charge in [0, 0.05) is 25.7 Å². The van der Waals surface area contributed by atoms with Crippen molar-refractivity contribution in [1.29, 1.82) is 0 Å². The summed E-state index contributed by atoms with van der Waals surface area (Å²) in [5.74, 6) is -0.850. The minimum absolute atomic E-state index is 0.0844. The molecule has 1 amide bonds. The van der Waals surface area contributed by atoms with Gasteiger partial charge in [-0.1, -0.05) is 0 Å². The SMILES string of the molecule is Cc1cc(C)c(C(N)=O)c(N(C)CCCC(=O)O)n1. The van der Waals surface area contributed by atoms with Crippen LogP contribution in [0.2, 0.25) is 0 Å². The molecule has 0 saturated carbocycles. The van der Waals surface area contributed by atoms with Crippen LogP contribution < -0.4 is 10.6 Å². The van der Waals surface area contributed by atoms with E-state index in [1.54, 1.807) is 18.0 Å². The fourth-order valence-corrected chi connectivity index (χ4v) is 1.97. The van der Waals surface area contributed by atoms with E-state index in [4.69, 9.17) is 10.8 Å². The quantitative estimate of drug-likeness (QED) is 0.802. The molecular weight excluding hydrogens is 246 g/mol. The standard InChI is InChI=1S/C13H19N3O3/c1-8-7-9(2)15-13(11(8)12(14)19)16(3)6-4-5-10(17)18/h7H,4-6H2,1-3H3,(H2,14,19)(H,17,18). The first-order valence-corrected chi connectivity index (χ1v) is 6.04. The van der Waals surface area contributed by atoms with Crippen molar-refractivity contribution in [3.63, 3.8) is 0 Å². The van der Waals surface area contributed by atoms with Gasteiger partial charge in [0.25, 0.3) is 5.91 Å². The number of pyridine rings is 1. The summed E-state index contributed by atoms with van der Waals surface area (Å²) in [6.45, 7) is 4.15. The zero-order valence-electron chi connectivity index (χ0n) is 11.4. The number of carboxylic acids is 1. The van der Waals surface area contributed by atoms with Gasteiger partial charge in [-0.2, -0.15) is 0 Å². The second-order valence-electron chi connectivity index (χ2n) is 4.56. The third kappa shape index (κ3) is 3.94. The summed E-state index contributed by atoms with van der Waals surface area (Å²) in [7, 11) is 1.77. The second-order valence-corrected chi connectivity index (χ2v) is 4.56. The number of carbonyl (C=O) groups excluding carboxylic acids is 1. The van der Waals surface area contributed by atoms with Gasteiger partial charge in [0.1, 0.15) is 5.82 Å². The summed E-state index contributed by atoms with van der Waals surface area (Å²) in [6, 6.07) is 1.80. The molecule has 0 spiro atoms. The summed E-state index contributed by atoms with van der Waals surface area (Å²) in [5, 5.41) is 8.62. The molecule has 0 unspecified atom stereocenters. The van der Waals surface area contributed by atoms with Gasteiger partial charge in [-0.15, -0.1) is 0 Å². The molecule has 0 fully saturated rings. The number of hydrogen-bond acceptors (Lipinski definition) is 4. The lowest BCUT2D eigenvalue weighted by Crippen LogP contribution is -2.26. The van der Waals surface area contributed by atoms with Crippen LogP contribution in [0.1, 0.15) is 34.5 Å². The topological polar surface area (TPSA) is 96.5 Å². The molecule has 0 aliphatic rings. The number of carbonyl (C=O) groups is 2. The molecule has 0 aromatic carbocycles. The minimum Gasteiger partial charge on any atom is -0.481 e. The Kier molecular flexibility index (Phi) is 4.86. The normalized spacial score (nSPS) is 10.3. The molecule has 1 aromatic heterocycles. The smallest absolute Gasteiger partial charge is 0.303 e. The van der Waals surface area contributed by atoms with E-state index in [9.17, 15) is 9.59 Å². The molecule has 0 atom stereocenters. The predicted molar refractivity (Wildman–Crippen MR) is 72.4 cm³/mol. The van der Waals surface area contributed by atoms with Gasteiger partial charge in [-0.05, 0) is 31.9 Å². The van der Waals surface area contributed by atoms with Crippen molar-refractivity contribution < 1.29 is 14.7 Å². The predicted octanol–water partition coefficient (Wildman–Crippen LogP) is 1.10. The monoisotopic (exact) mass is 265 g/mol. The number of rotatable bonds is 6. The second kappa shape index (κ2) is 6.17.